The number of nitrogens with one attached hydrogen (secondary N) is 1. The Labute approximate surface area is 168 Å². The lowest BCUT2D eigenvalue weighted by atomic mass is 9.99. The zero-order chi connectivity index (χ0) is 21.0. The second-order valence-electron chi connectivity index (χ2n) is 6.63. The summed E-state index contributed by atoms with van der Waals surface area (Å²) < 4.78 is 32.5. The number of hydrogen-bond acceptors (Lipinski definition) is 6. The van der Waals surface area contributed by atoms with E-state index in [2.05, 4.69) is 10.3 Å². The van der Waals surface area contributed by atoms with E-state index in [9.17, 15) is 18.0 Å². The first-order chi connectivity index (χ1) is 13.8. The van der Waals surface area contributed by atoms with Crippen LogP contribution in [0.3, 0.4) is 0 Å². The first kappa shape index (κ1) is 20.7. The van der Waals surface area contributed by atoms with Crippen LogP contribution in [0.25, 0.3) is 0 Å². The highest BCUT2D eigenvalue weighted by molar-refractivity contribution is 7.89. The maximum absolute atomic E-state index is 13.1. The second-order valence-corrected chi connectivity index (χ2v) is 8.57. The molecular weight excluding hydrogens is 396 g/mol. The number of ether oxygens (including phenoxy) is 1. The molecule has 0 radical (unpaired) electrons. The van der Waals surface area contributed by atoms with Gasteiger partial charge in [0, 0.05) is 19.3 Å². The predicted octanol–water partition coefficient (Wildman–Crippen LogP) is 1.23. The number of benzene rings is 1. The van der Waals surface area contributed by atoms with Crippen molar-refractivity contribution in [2.24, 2.45) is 11.7 Å². The number of nitrogens with zero attached hydrogens (tertiary/aromatic N) is 2. The first-order valence-electron chi connectivity index (χ1n) is 9.03. The summed E-state index contributed by atoms with van der Waals surface area (Å²) in [7, 11) is -2.54. The van der Waals surface area contributed by atoms with Crippen LogP contribution in [0.5, 0.6) is 5.75 Å². The number of pyridine rings is 1. The molecule has 0 aliphatic carbocycles. The van der Waals surface area contributed by atoms with Gasteiger partial charge in [-0.25, -0.2) is 13.4 Å². The van der Waals surface area contributed by atoms with Gasteiger partial charge in [0.15, 0.2) is 0 Å². The summed E-state index contributed by atoms with van der Waals surface area (Å²) in [4.78, 5) is 28.2. The Morgan fingerprint density at radius 2 is 2.07 bits per heavy atom. The lowest BCUT2D eigenvalue weighted by Gasteiger charge is -2.31. The molecule has 0 saturated carbocycles. The molecule has 2 heterocycles. The molecule has 10 heteroatoms. The van der Waals surface area contributed by atoms with Crippen molar-refractivity contribution in [1.29, 1.82) is 0 Å². The van der Waals surface area contributed by atoms with Crippen molar-refractivity contribution in [2.45, 2.75) is 17.7 Å². The normalized spacial score (nSPS) is 17.5. The smallest absolute Gasteiger partial charge is 0.252 e. The van der Waals surface area contributed by atoms with E-state index in [1.54, 1.807) is 24.4 Å². The largest absolute Gasteiger partial charge is 0.496 e. The molecule has 0 spiro atoms. The number of piperidine rings is 1. The van der Waals surface area contributed by atoms with Crippen molar-refractivity contribution in [3.63, 3.8) is 0 Å². The van der Waals surface area contributed by atoms with Gasteiger partial charge in [-0.1, -0.05) is 6.07 Å². The number of carbonyl (C=O) groups excluding carboxylic acids is 2. The van der Waals surface area contributed by atoms with Gasteiger partial charge in [0.25, 0.3) is 5.91 Å². The van der Waals surface area contributed by atoms with Crippen LogP contribution in [0.2, 0.25) is 0 Å². The first-order valence-corrected chi connectivity index (χ1v) is 10.5. The quantitative estimate of drug-likeness (QED) is 0.725. The Morgan fingerprint density at radius 3 is 2.72 bits per heavy atom. The van der Waals surface area contributed by atoms with Crippen LogP contribution in [0, 0.1) is 5.92 Å². The number of nitrogens with two attached hydrogens (primary N) is 1. The predicted molar refractivity (Wildman–Crippen MR) is 106 cm³/mol. The zero-order valence-corrected chi connectivity index (χ0v) is 16.7. The topological polar surface area (TPSA) is 132 Å². The molecule has 2 aromatic rings. The molecule has 9 nitrogen and oxygen atoms in total. The van der Waals surface area contributed by atoms with Gasteiger partial charge in [-0.15, -0.1) is 0 Å². The maximum atomic E-state index is 13.1. The third-order valence-corrected chi connectivity index (χ3v) is 6.61. The highest BCUT2D eigenvalue weighted by atomic mass is 32.2. The molecule has 0 bridgehead atoms. The lowest BCUT2D eigenvalue weighted by molar-refractivity contribution is -0.120. The van der Waals surface area contributed by atoms with Gasteiger partial charge in [-0.3, -0.25) is 9.59 Å². The van der Waals surface area contributed by atoms with Crippen LogP contribution in [0.15, 0.2) is 47.5 Å². The van der Waals surface area contributed by atoms with Crippen molar-refractivity contribution >= 4 is 27.7 Å². The SMILES string of the molecule is COc1ccc(S(=O)(=O)N2CCCC(C(=O)Nc3ccccn3)C2)cc1C(N)=O. The molecular formula is C19H22N4O5S. The van der Waals surface area contributed by atoms with E-state index >= 15 is 0 Å². The number of aromatic nitrogens is 1. The molecule has 2 amide bonds. The highest BCUT2D eigenvalue weighted by Gasteiger charge is 2.34. The minimum Gasteiger partial charge on any atom is -0.496 e. The Balaban J connectivity index is 1.79. The van der Waals surface area contributed by atoms with Gasteiger partial charge >= 0.3 is 0 Å². The van der Waals surface area contributed by atoms with Gasteiger partial charge in [-0.2, -0.15) is 4.31 Å². The fourth-order valence-corrected chi connectivity index (χ4v) is 4.78. The van der Waals surface area contributed by atoms with Crippen molar-refractivity contribution < 1.29 is 22.7 Å². The Bertz CT molecular complexity index is 1010. The van der Waals surface area contributed by atoms with E-state index in [-0.39, 0.29) is 35.2 Å². The minimum atomic E-state index is -3.91. The molecule has 1 fully saturated rings. The molecule has 3 N–H and O–H groups in total. The van der Waals surface area contributed by atoms with E-state index in [4.69, 9.17) is 10.5 Å². The summed E-state index contributed by atoms with van der Waals surface area (Å²) in [5.74, 6) is -0.961. The average Bonchev–Trinajstić information content (AvgIpc) is 2.74. The van der Waals surface area contributed by atoms with Gasteiger partial charge < -0.3 is 15.8 Å². The van der Waals surface area contributed by atoms with Crippen LogP contribution in [-0.2, 0) is 14.8 Å². The average molecular weight is 418 g/mol. The van der Waals surface area contributed by atoms with E-state index in [1.165, 1.54) is 29.6 Å². The second kappa shape index (κ2) is 8.58. The number of hydrogen-bond donors (Lipinski definition) is 2. The molecule has 29 heavy (non-hydrogen) atoms. The van der Waals surface area contributed by atoms with Crippen LogP contribution in [0.4, 0.5) is 5.82 Å². The van der Waals surface area contributed by atoms with Crippen LogP contribution in [-0.4, -0.2) is 49.7 Å². The van der Waals surface area contributed by atoms with Crippen LogP contribution in [0.1, 0.15) is 23.2 Å². The van der Waals surface area contributed by atoms with E-state index in [0.717, 1.165) is 0 Å². The number of amides is 2. The zero-order valence-electron chi connectivity index (χ0n) is 15.9. The van der Waals surface area contributed by atoms with Gasteiger partial charge in [0.2, 0.25) is 15.9 Å². The molecule has 1 aromatic carbocycles. The van der Waals surface area contributed by atoms with Gasteiger partial charge in [-0.05, 0) is 43.2 Å². The summed E-state index contributed by atoms with van der Waals surface area (Å²) >= 11 is 0. The van der Waals surface area contributed by atoms with E-state index in [1.807, 2.05) is 0 Å². The Morgan fingerprint density at radius 1 is 1.28 bits per heavy atom. The fraction of sp³-hybridized carbons (Fsp3) is 0.316. The fourth-order valence-electron chi connectivity index (χ4n) is 3.23. The van der Waals surface area contributed by atoms with Crippen LogP contribution < -0.4 is 15.8 Å². The van der Waals surface area contributed by atoms with Crippen LogP contribution >= 0.6 is 0 Å². The van der Waals surface area contributed by atoms with Crippen molar-refractivity contribution in [3.8, 4) is 5.75 Å². The summed E-state index contributed by atoms with van der Waals surface area (Å²) in [6, 6.07) is 9.10. The standard InChI is InChI=1S/C19H22N4O5S/c1-28-16-8-7-14(11-15(16)18(20)24)29(26,27)23-10-4-5-13(12-23)19(25)22-17-6-2-3-9-21-17/h2-3,6-9,11,13H,4-5,10,12H2,1H3,(H2,20,24)(H,21,22,25). The summed E-state index contributed by atoms with van der Waals surface area (Å²) in [6.07, 6.45) is 2.67. The minimum absolute atomic E-state index is 0.0185. The number of anilines is 1. The summed E-state index contributed by atoms with van der Waals surface area (Å²) in [5, 5.41) is 2.71. The Hall–Kier alpha value is -2.98. The Kier molecular flexibility index (Phi) is 6.14. The molecule has 1 atom stereocenters. The summed E-state index contributed by atoms with van der Waals surface area (Å²) in [6.45, 7) is 0.326. The van der Waals surface area contributed by atoms with Gasteiger partial charge in [0.1, 0.15) is 11.6 Å². The number of methoxy groups -OCH3 is 1. The third kappa shape index (κ3) is 4.54. The number of sulfonamides is 1. The van der Waals surface area contributed by atoms with E-state index < -0.39 is 21.8 Å². The molecule has 3 rings (SSSR count). The molecule has 1 aliphatic rings. The summed E-state index contributed by atoms with van der Waals surface area (Å²) in [5.41, 5.74) is 5.31. The van der Waals surface area contributed by atoms with Crippen molar-refractivity contribution in [3.05, 3.63) is 48.2 Å². The molecule has 1 aliphatic heterocycles. The number of carbonyl (C=O) groups is 2. The van der Waals surface area contributed by atoms with Gasteiger partial charge in [0.05, 0.1) is 23.5 Å². The van der Waals surface area contributed by atoms with E-state index in [0.29, 0.717) is 18.7 Å². The van der Waals surface area contributed by atoms with Crippen molar-refractivity contribution in [1.82, 2.24) is 9.29 Å². The molecule has 1 saturated heterocycles. The monoisotopic (exact) mass is 418 g/mol. The number of rotatable bonds is 6. The maximum Gasteiger partial charge on any atom is 0.252 e. The molecule has 1 aromatic heterocycles. The molecule has 154 valence electrons. The van der Waals surface area contributed by atoms with Crippen molar-refractivity contribution in [2.75, 3.05) is 25.5 Å². The lowest BCUT2D eigenvalue weighted by Crippen LogP contribution is -2.43. The molecule has 1 unspecified atom stereocenters. The third-order valence-electron chi connectivity index (χ3n) is 4.75. The highest BCUT2D eigenvalue weighted by Crippen LogP contribution is 2.28. The number of primary amides is 1.